The van der Waals surface area contributed by atoms with Gasteiger partial charge in [-0.15, -0.1) is 0 Å². The quantitative estimate of drug-likeness (QED) is 0.554. The number of rotatable bonds is 1. The van der Waals surface area contributed by atoms with Gasteiger partial charge in [-0.1, -0.05) is 0 Å². The molecule has 12 heavy (non-hydrogen) atoms. The van der Waals surface area contributed by atoms with Crippen molar-refractivity contribution in [1.82, 2.24) is 4.90 Å². The topological polar surface area (TPSA) is 38.8 Å². The first-order chi connectivity index (χ1) is 5.72. The van der Waals surface area contributed by atoms with E-state index in [1.165, 1.54) is 0 Å². The molecule has 1 aliphatic heterocycles. The average molecular weight is 172 g/mol. The number of carbonyl (C=O) groups excluding carboxylic acids is 1. The molecule has 1 saturated heterocycles. The second-order valence-corrected chi connectivity index (χ2v) is 3.01. The summed E-state index contributed by atoms with van der Waals surface area (Å²) < 4.78 is 9.09. The van der Waals surface area contributed by atoms with E-state index in [1.807, 2.05) is 0 Å². The average Bonchev–Trinajstić information content (AvgIpc) is 2.09. The largest absolute Gasteiger partial charge is 0.508 e. The van der Waals surface area contributed by atoms with Gasteiger partial charge in [-0.3, -0.25) is 0 Å². The molecule has 0 atom stereocenters. The summed E-state index contributed by atoms with van der Waals surface area (Å²) in [6, 6.07) is 0. The maximum absolute atomic E-state index is 10.6. The van der Waals surface area contributed by atoms with Crippen LogP contribution in [0.25, 0.3) is 0 Å². The van der Waals surface area contributed by atoms with E-state index in [4.69, 9.17) is 4.74 Å². The highest BCUT2D eigenvalue weighted by atomic mass is 16.7. The van der Waals surface area contributed by atoms with Gasteiger partial charge >= 0.3 is 6.16 Å². The molecular formula is C8H14NO3. The van der Waals surface area contributed by atoms with Gasteiger partial charge in [0.2, 0.25) is 0 Å². The Balaban J connectivity index is 2.21. The normalized spacial score (nSPS) is 20.5. The third-order valence-electron chi connectivity index (χ3n) is 2.05. The van der Waals surface area contributed by atoms with Crippen molar-refractivity contribution in [3.05, 3.63) is 7.11 Å². The van der Waals surface area contributed by atoms with E-state index in [-0.39, 0.29) is 6.10 Å². The van der Waals surface area contributed by atoms with Crippen LogP contribution < -0.4 is 0 Å². The lowest BCUT2D eigenvalue weighted by molar-refractivity contribution is 0.0192. The van der Waals surface area contributed by atoms with Crippen LogP contribution in [-0.2, 0) is 9.47 Å². The second kappa shape index (κ2) is 4.30. The molecule has 1 aliphatic rings. The van der Waals surface area contributed by atoms with Crippen molar-refractivity contribution in [2.24, 2.45) is 0 Å². The van der Waals surface area contributed by atoms with E-state index >= 15 is 0 Å². The Hall–Kier alpha value is -0.770. The Labute approximate surface area is 72.4 Å². The van der Waals surface area contributed by atoms with Gasteiger partial charge < -0.3 is 14.4 Å². The van der Waals surface area contributed by atoms with E-state index in [2.05, 4.69) is 23.8 Å². The van der Waals surface area contributed by atoms with Gasteiger partial charge in [0, 0.05) is 13.1 Å². The van der Waals surface area contributed by atoms with E-state index < -0.39 is 6.16 Å². The first-order valence-electron chi connectivity index (χ1n) is 4.03. The van der Waals surface area contributed by atoms with Crippen LogP contribution in [0.15, 0.2) is 0 Å². The Morgan fingerprint density at radius 1 is 1.50 bits per heavy atom. The minimum Gasteiger partial charge on any atom is -0.431 e. The molecule has 0 aromatic carbocycles. The predicted molar refractivity (Wildman–Crippen MR) is 43.4 cm³/mol. The SMILES string of the molecule is [CH2]OC(=O)OC1CCN(C)CC1. The Morgan fingerprint density at radius 3 is 2.58 bits per heavy atom. The number of carbonyl (C=O) groups is 1. The highest BCUT2D eigenvalue weighted by Crippen LogP contribution is 2.12. The molecule has 0 amide bonds. The first kappa shape index (κ1) is 9.32. The molecule has 0 unspecified atom stereocenters. The number of hydrogen-bond donors (Lipinski definition) is 0. The van der Waals surface area contributed by atoms with Crippen molar-refractivity contribution in [1.29, 1.82) is 0 Å². The standard InChI is InChI=1S/C8H14NO3/c1-9-5-3-7(4-6-9)12-8(10)11-2/h7H,2-6H2,1H3. The zero-order valence-corrected chi connectivity index (χ0v) is 7.28. The Bertz CT molecular complexity index is 152. The molecule has 1 rings (SSSR count). The predicted octanol–water partition coefficient (Wildman–Crippen LogP) is 1.03. The van der Waals surface area contributed by atoms with Gasteiger partial charge in [0.25, 0.3) is 0 Å². The lowest BCUT2D eigenvalue weighted by Crippen LogP contribution is -2.35. The lowest BCUT2D eigenvalue weighted by atomic mass is 10.1. The summed E-state index contributed by atoms with van der Waals surface area (Å²) in [5.74, 6) is 0. The minimum absolute atomic E-state index is 0.00968. The van der Waals surface area contributed by atoms with Crippen LogP contribution in [0.5, 0.6) is 0 Å². The van der Waals surface area contributed by atoms with Crippen LogP contribution >= 0.6 is 0 Å². The number of ether oxygens (including phenoxy) is 2. The van der Waals surface area contributed by atoms with Crippen LogP contribution in [0.2, 0.25) is 0 Å². The molecule has 4 heteroatoms. The van der Waals surface area contributed by atoms with Crippen LogP contribution in [0.3, 0.4) is 0 Å². The molecule has 0 aliphatic carbocycles. The summed E-state index contributed by atoms with van der Waals surface area (Å²) in [5.41, 5.74) is 0. The van der Waals surface area contributed by atoms with Gasteiger partial charge in [-0.05, 0) is 19.9 Å². The minimum atomic E-state index is -0.676. The zero-order valence-electron chi connectivity index (χ0n) is 7.28. The van der Waals surface area contributed by atoms with Crippen molar-refractivity contribution >= 4 is 6.16 Å². The maximum atomic E-state index is 10.6. The summed E-state index contributed by atoms with van der Waals surface area (Å²) in [5, 5.41) is 0. The highest BCUT2D eigenvalue weighted by Gasteiger charge is 2.20. The van der Waals surface area contributed by atoms with Crippen LogP contribution in [0.4, 0.5) is 4.79 Å². The number of hydrogen-bond acceptors (Lipinski definition) is 4. The highest BCUT2D eigenvalue weighted by molar-refractivity contribution is 5.60. The lowest BCUT2D eigenvalue weighted by Gasteiger charge is -2.27. The van der Waals surface area contributed by atoms with E-state index in [0.29, 0.717) is 0 Å². The summed E-state index contributed by atoms with van der Waals surface area (Å²) in [6.07, 6.45) is 1.09. The molecule has 1 heterocycles. The monoisotopic (exact) mass is 172 g/mol. The fraction of sp³-hybridized carbons (Fsp3) is 0.750. The number of nitrogens with zero attached hydrogens (tertiary/aromatic N) is 1. The van der Waals surface area contributed by atoms with Gasteiger partial charge in [-0.2, -0.15) is 0 Å². The Kier molecular flexibility index (Phi) is 3.34. The molecule has 0 aromatic heterocycles. The molecule has 1 fully saturated rings. The molecule has 0 aromatic rings. The molecule has 0 bridgehead atoms. The summed E-state index contributed by atoms with van der Waals surface area (Å²) >= 11 is 0. The molecule has 69 valence electrons. The third kappa shape index (κ3) is 2.70. The first-order valence-corrected chi connectivity index (χ1v) is 4.03. The van der Waals surface area contributed by atoms with Crippen LogP contribution in [-0.4, -0.2) is 37.3 Å². The fourth-order valence-corrected chi connectivity index (χ4v) is 1.27. The van der Waals surface area contributed by atoms with Gasteiger partial charge in [0.1, 0.15) is 13.2 Å². The van der Waals surface area contributed by atoms with E-state index in [1.54, 1.807) is 0 Å². The van der Waals surface area contributed by atoms with E-state index in [9.17, 15) is 4.79 Å². The molecule has 0 spiro atoms. The second-order valence-electron chi connectivity index (χ2n) is 3.01. The van der Waals surface area contributed by atoms with Gasteiger partial charge in [0.15, 0.2) is 0 Å². The van der Waals surface area contributed by atoms with Gasteiger partial charge in [0.05, 0.1) is 0 Å². The van der Waals surface area contributed by atoms with E-state index in [0.717, 1.165) is 25.9 Å². The van der Waals surface area contributed by atoms with Crippen molar-refractivity contribution < 1.29 is 14.3 Å². The van der Waals surface area contributed by atoms with Crippen LogP contribution in [0, 0.1) is 7.11 Å². The van der Waals surface area contributed by atoms with Crippen molar-refractivity contribution in [3.63, 3.8) is 0 Å². The third-order valence-corrected chi connectivity index (χ3v) is 2.05. The van der Waals surface area contributed by atoms with Crippen molar-refractivity contribution in [3.8, 4) is 0 Å². The van der Waals surface area contributed by atoms with Gasteiger partial charge in [-0.25, -0.2) is 4.79 Å². The molecule has 1 radical (unpaired) electrons. The fourth-order valence-electron chi connectivity index (χ4n) is 1.27. The maximum Gasteiger partial charge on any atom is 0.508 e. The smallest absolute Gasteiger partial charge is 0.431 e. The molecular weight excluding hydrogens is 158 g/mol. The Morgan fingerprint density at radius 2 is 2.08 bits per heavy atom. The summed E-state index contributed by atoms with van der Waals surface area (Å²) in [4.78, 5) is 12.8. The zero-order chi connectivity index (χ0) is 8.97. The number of piperidine rings is 1. The molecule has 4 nitrogen and oxygen atoms in total. The summed E-state index contributed by atoms with van der Waals surface area (Å²) in [6.45, 7) is 1.93. The number of likely N-dealkylation sites (tertiary alicyclic amines) is 1. The summed E-state index contributed by atoms with van der Waals surface area (Å²) in [7, 11) is 5.03. The van der Waals surface area contributed by atoms with Crippen molar-refractivity contribution in [2.75, 3.05) is 20.1 Å². The molecule has 0 N–H and O–H groups in total. The molecule has 0 saturated carbocycles. The van der Waals surface area contributed by atoms with Crippen LogP contribution in [0.1, 0.15) is 12.8 Å². The van der Waals surface area contributed by atoms with Crippen molar-refractivity contribution in [2.45, 2.75) is 18.9 Å².